The zero-order valence-corrected chi connectivity index (χ0v) is 13.3. The maximum atomic E-state index is 10.7. The number of hydrogen-bond donors (Lipinski definition) is 0. The predicted octanol–water partition coefficient (Wildman–Crippen LogP) is 5.33. The first-order valence-corrected chi connectivity index (χ1v) is 7.69. The summed E-state index contributed by atoms with van der Waals surface area (Å²) in [6, 6.07) is 26.1. The van der Waals surface area contributed by atoms with E-state index in [2.05, 4.69) is 6.07 Å². The Bertz CT molecular complexity index is 952. The van der Waals surface area contributed by atoms with Crippen LogP contribution >= 0.6 is 0 Å². The summed E-state index contributed by atoms with van der Waals surface area (Å²) in [6.07, 6.45) is 1.77. The Hall–Kier alpha value is -3.71. The van der Waals surface area contributed by atoms with Crippen LogP contribution < -0.4 is 0 Å². The normalized spacial score (nSPS) is 10.9. The maximum absolute atomic E-state index is 10.7. The fourth-order valence-electron chi connectivity index (χ4n) is 2.51. The molecular formula is C21H14N2O2. The third-order valence-electron chi connectivity index (χ3n) is 3.84. The molecule has 120 valence electrons. The third-order valence-corrected chi connectivity index (χ3v) is 3.84. The number of nitro benzene ring substituents is 1. The second-order valence-corrected chi connectivity index (χ2v) is 5.46. The largest absolute Gasteiger partial charge is 0.269 e. The number of nitro groups is 1. The van der Waals surface area contributed by atoms with Crippen molar-refractivity contribution < 1.29 is 4.92 Å². The van der Waals surface area contributed by atoms with E-state index >= 15 is 0 Å². The lowest BCUT2D eigenvalue weighted by Gasteiger charge is -2.03. The van der Waals surface area contributed by atoms with Gasteiger partial charge in [-0.2, -0.15) is 5.26 Å². The summed E-state index contributed by atoms with van der Waals surface area (Å²) in [5.41, 5.74) is 4.26. The van der Waals surface area contributed by atoms with Crippen LogP contribution in [0.4, 0.5) is 5.69 Å². The van der Waals surface area contributed by atoms with Gasteiger partial charge in [0, 0.05) is 12.1 Å². The van der Waals surface area contributed by atoms with Gasteiger partial charge in [-0.15, -0.1) is 0 Å². The molecule has 0 aliphatic heterocycles. The standard InChI is InChI=1S/C21H14N2O2/c22-15-20(19-10-12-21(13-11-19)23(24)25)14-16-6-8-18(9-7-16)17-4-2-1-3-5-17/h1-14H. The van der Waals surface area contributed by atoms with E-state index in [0.717, 1.165) is 16.7 Å². The molecule has 0 saturated heterocycles. The molecule has 0 heterocycles. The molecule has 3 aromatic rings. The lowest BCUT2D eigenvalue weighted by molar-refractivity contribution is -0.384. The van der Waals surface area contributed by atoms with Gasteiger partial charge in [0.25, 0.3) is 5.69 Å². The first kappa shape index (κ1) is 16.2. The fourth-order valence-corrected chi connectivity index (χ4v) is 2.51. The van der Waals surface area contributed by atoms with Crippen molar-refractivity contribution in [3.8, 4) is 17.2 Å². The molecule has 25 heavy (non-hydrogen) atoms. The summed E-state index contributed by atoms with van der Waals surface area (Å²) in [4.78, 5) is 10.3. The van der Waals surface area contributed by atoms with Crippen LogP contribution in [0.15, 0.2) is 78.9 Å². The molecule has 0 atom stereocenters. The van der Waals surface area contributed by atoms with Gasteiger partial charge in [0.2, 0.25) is 0 Å². The van der Waals surface area contributed by atoms with E-state index in [9.17, 15) is 15.4 Å². The smallest absolute Gasteiger partial charge is 0.258 e. The quantitative estimate of drug-likeness (QED) is 0.282. The van der Waals surface area contributed by atoms with Crippen molar-refractivity contribution in [1.82, 2.24) is 0 Å². The van der Waals surface area contributed by atoms with E-state index in [0.29, 0.717) is 11.1 Å². The topological polar surface area (TPSA) is 66.9 Å². The molecule has 0 spiro atoms. The Labute approximate surface area is 145 Å². The van der Waals surface area contributed by atoms with Gasteiger partial charge in [0.05, 0.1) is 16.6 Å². The Morgan fingerprint density at radius 3 is 2.04 bits per heavy atom. The van der Waals surface area contributed by atoms with Crippen LogP contribution in [-0.4, -0.2) is 4.92 Å². The van der Waals surface area contributed by atoms with Gasteiger partial charge < -0.3 is 0 Å². The molecule has 0 N–H and O–H groups in total. The van der Waals surface area contributed by atoms with Gasteiger partial charge in [-0.1, -0.05) is 54.6 Å². The zero-order valence-electron chi connectivity index (χ0n) is 13.3. The van der Waals surface area contributed by atoms with Crippen molar-refractivity contribution in [3.05, 3.63) is 100 Å². The molecule has 4 heteroatoms. The average molecular weight is 326 g/mol. The number of benzene rings is 3. The molecule has 3 aromatic carbocycles. The van der Waals surface area contributed by atoms with Crippen LogP contribution in [0.25, 0.3) is 22.8 Å². The van der Waals surface area contributed by atoms with Gasteiger partial charge in [0.1, 0.15) is 0 Å². The second-order valence-electron chi connectivity index (χ2n) is 5.46. The van der Waals surface area contributed by atoms with E-state index in [1.807, 2.05) is 54.6 Å². The summed E-state index contributed by atoms with van der Waals surface area (Å²) in [5, 5.41) is 20.1. The average Bonchev–Trinajstić information content (AvgIpc) is 2.67. The lowest BCUT2D eigenvalue weighted by Crippen LogP contribution is -1.88. The molecule has 0 amide bonds. The summed E-state index contributed by atoms with van der Waals surface area (Å²) in [7, 11) is 0. The van der Waals surface area contributed by atoms with Crippen molar-refractivity contribution in [2.45, 2.75) is 0 Å². The molecule has 0 unspecified atom stereocenters. The summed E-state index contributed by atoms with van der Waals surface area (Å²) >= 11 is 0. The summed E-state index contributed by atoms with van der Waals surface area (Å²) in [6.45, 7) is 0. The SMILES string of the molecule is N#CC(=Cc1ccc(-c2ccccc2)cc1)c1ccc([N+](=O)[O-])cc1. The number of non-ortho nitro benzene ring substituents is 1. The third kappa shape index (κ3) is 3.80. The van der Waals surface area contributed by atoms with Crippen molar-refractivity contribution in [1.29, 1.82) is 5.26 Å². The zero-order chi connectivity index (χ0) is 17.6. The molecule has 0 aromatic heterocycles. The maximum Gasteiger partial charge on any atom is 0.269 e. The van der Waals surface area contributed by atoms with Gasteiger partial charge >= 0.3 is 0 Å². The van der Waals surface area contributed by atoms with E-state index < -0.39 is 4.92 Å². The highest BCUT2D eigenvalue weighted by Crippen LogP contribution is 2.23. The molecular weight excluding hydrogens is 312 g/mol. The van der Waals surface area contributed by atoms with E-state index in [4.69, 9.17) is 0 Å². The molecule has 4 nitrogen and oxygen atoms in total. The van der Waals surface area contributed by atoms with Crippen LogP contribution in [0.3, 0.4) is 0 Å². The lowest BCUT2D eigenvalue weighted by atomic mass is 10.0. The number of hydrogen-bond acceptors (Lipinski definition) is 3. The first-order valence-electron chi connectivity index (χ1n) is 7.69. The molecule has 3 rings (SSSR count). The minimum Gasteiger partial charge on any atom is -0.258 e. The molecule has 0 aliphatic carbocycles. The minimum atomic E-state index is -0.457. The van der Waals surface area contributed by atoms with Crippen LogP contribution in [0.2, 0.25) is 0 Å². The van der Waals surface area contributed by atoms with Crippen LogP contribution in [0.1, 0.15) is 11.1 Å². The van der Waals surface area contributed by atoms with Crippen molar-refractivity contribution in [3.63, 3.8) is 0 Å². The summed E-state index contributed by atoms with van der Waals surface area (Å²) < 4.78 is 0. The first-order chi connectivity index (χ1) is 12.2. The molecule has 0 saturated carbocycles. The Morgan fingerprint density at radius 1 is 0.880 bits per heavy atom. The van der Waals surface area contributed by atoms with E-state index in [1.54, 1.807) is 18.2 Å². The molecule has 0 aliphatic rings. The number of allylic oxidation sites excluding steroid dienone is 1. The monoisotopic (exact) mass is 326 g/mol. The van der Waals surface area contributed by atoms with Gasteiger partial charge in [-0.25, -0.2) is 0 Å². The van der Waals surface area contributed by atoms with E-state index in [-0.39, 0.29) is 5.69 Å². The van der Waals surface area contributed by atoms with Crippen LogP contribution in [0.5, 0.6) is 0 Å². The Morgan fingerprint density at radius 2 is 1.48 bits per heavy atom. The fraction of sp³-hybridized carbons (Fsp3) is 0. The van der Waals surface area contributed by atoms with Gasteiger partial charge in [-0.05, 0) is 40.5 Å². The van der Waals surface area contributed by atoms with Crippen molar-refractivity contribution in [2.75, 3.05) is 0 Å². The molecule has 0 bridgehead atoms. The van der Waals surface area contributed by atoms with Gasteiger partial charge in [-0.3, -0.25) is 10.1 Å². The van der Waals surface area contributed by atoms with Crippen molar-refractivity contribution in [2.24, 2.45) is 0 Å². The second kappa shape index (κ2) is 7.24. The Balaban J connectivity index is 1.87. The Kier molecular flexibility index (Phi) is 4.68. The highest BCUT2D eigenvalue weighted by molar-refractivity contribution is 5.90. The summed E-state index contributed by atoms with van der Waals surface area (Å²) in [5.74, 6) is 0. The number of rotatable bonds is 4. The highest BCUT2D eigenvalue weighted by atomic mass is 16.6. The molecule has 0 radical (unpaired) electrons. The van der Waals surface area contributed by atoms with Crippen LogP contribution in [-0.2, 0) is 0 Å². The van der Waals surface area contributed by atoms with E-state index in [1.165, 1.54) is 12.1 Å². The predicted molar refractivity (Wildman–Crippen MR) is 98.5 cm³/mol. The van der Waals surface area contributed by atoms with Gasteiger partial charge in [0.15, 0.2) is 0 Å². The van der Waals surface area contributed by atoms with Crippen molar-refractivity contribution >= 4 is 17.3 Å². The molecule has 0 fully saturated rings. The highest BCUT2D eigenvalue weighted by Gasteiger charge is 2.07. The van der Waals surface area contributed by atoms with Crippen LogP contribution in [0, 0.1) is 21.4 Å². The number of nitrogens with zero attached hydrogens (tertiary/aromatic N) is 2. The number of nitriles is 1. The minimum absolute atomic E-state index is 0.00764.